The summed E-state index contributed by atoms with van der Waals surface area (Å²) in [5.74, 6) is 0. The minimum absolute atomic E-state index is 0.250. The van der Waals surface area contributed by atoms with Crippen LogP contribution >= 0.6 is 0 Å². The molecule has 0 saturated heterocycles. The first-order chi connectivity index (χ1) is 4.41. The topological polar surface area (TPSA) is 76.0 Å². The van der Waals surface area contributed by atoms with Crippen molar-refractivity contribution in [2.45, 2.75) is 0 Å². The second-order valence-corrected chi connectivity index (χ2v) is 0.899. The lowest BCUT2D eigenvalue weighted by Gasteiger charge is -1.69. The van der Waals surface area contributed by atoms with Gasteiger partial charge < -0.3 is 5.11 Å². The largest absolute Gasteiger partial charge is 0.483 e. The molecule has 1 rings (SSSR count). The van der Waals surface area contributed by atoms with Crippen molar-refractivity contribution >= 4 is 6.47 Å². The number of nitrogens with zero attached hydrogens (tertiary/aromatic N) is 3. The predicted octanol–water partition coefficient (Wildman–Crippen LogP) is -0.428. The molecule has 1 N–H and O–H groups in total. The Morgan fingerprint density at radius 2 is 1.33 bits per heavy atom. The van der Waals surface area contributed by atoms with Gasteiger partial charge in [0.25, 0.3) is 6.47 Å². The van der Waals surface area contributed by atoms with Gasteiger partial charge in [-0.2, -0.15) is 0 Å². The molecule has 0 unspecified atom stereocenters. The molecule has 1 aromatic heterocycles. The lowest BCUT2D eigenvalue weighted by molar-refractivity contribution is -0.122. The molecule has 0 aliphatic rings. The van der Waals surface area contributed by atoms with Crippen LogP contribution in [0.1, 0.15) is 0 Å². The van der Waals surface area contributed by atoms with E-state index in [9.17, 15) is 0 Å². The highest BCUT2D eigenvalue weighted by molar-refractivity contribution is 5.32. The lowest BCUT2D eigenvalue weighted by atomic mass is 11.1. The second kappa shape index (κ2) is 6.48. The number of aromatic nitrogens is 3. The van der Waals surface area contributed by atoms with Gasteiger partial charge in [0.15, 0.2) is 0 Å². The van der Waals surface area contributed by atoms with Gasteiger partial charge in [0.1, 0.15) is 19.0 Å². The maximum atomic E-state index is 8.36. The molecular weight excluding hydrogens is 122 g/mol. The maximum Gasteiger partial charge on any atom is 0.290 e. The van der Waals surface area contributed by atoms with Crippen molar-refractivity contribution in [3.05, 3.63) is 19.0 Å². The van der Waals surface area contributed by atoms with Gasteiger partial charge in [0.2, 0.25) is 0 Å². The van der Waals surface area contributed by atoms with Crippen molar-refractivity contribution in [1.82, 2.24) is 15.0 Å². The van der Waals surface area contributed by atoms with Crippen LogP contribution in [-0.4, -0.2) is 26.5 Å². The summed E-state index contributed by atoms with van der Waals surface area (Å²) >= 11 is 0. The van der Waals surface area contributed by atoms with Crippen molar-refractivity contribution in [3.63, 3.8) is 0 Å². The van der Waals surface area contributed by atoms with Crippen molar-refractivity contribution in [2.75, 3.05) is 0 Å². The Morgan fingerprint density at radius 3 is 1.44 bits per heavy atom. The van der Waals surface area contributed by atoms with Crippen LogP contribution in [0.4, 0.5) is 0 Å². The summed E-state index contributed by atoms with van der Waals surface area (Å²) in [5.41, 5.74) is 0. The zero-order valence-corrected chi connectivity index (χ0v) is 4.51. The Morgan fingerprint density at radius 1 is 1.11 bits per heavy atom. The number of carbonyl (C=O) groups is 1. The van der Waals surface area contributed by atoms with Crippen LogP contribution in [0.5, 0.6) is 0 Å². The molecule has 0 aromatic carbocycles. The Balaban J connectivity index is 0.000000187. The minimum Gasteiger partial charge on any atom is -0.483 e. The molecule has 0 aliphatic heterocycles. The summed E-state index contributed by atoms with van der Waals surface area (Å²) in [7, 11) is 0. The molecule has 0 fully saturated rings. The van der Waals surface area contributed by atoms with E-state index < -0.39 is 0 Å². The highest BCUT2D eigenvalue weighted by Crippen LogP contribution is 1.57. The molecule has 0 amide bonds. The van der Waals surface area contributed by atoms with E-state index in [-0.39, 0.29) is 6.47 Å². The fourth-order valence-corrected chi connectivity index (χ4v) is 0.205. The van der Waals surface area contributed by atoms with E-state index in [1.54, 1.807) is 0 Å². The molecule has 5 nitrogen and oxygen atoms in total. The van der Waals surface area contributed by atoms with Crippen LogP contribution in [-0.2, 0) is 4.79 Å². The number of rotatable bonds is 0. The summed E-state index contributed by atoms with van der Waals surface area (Å²) in [6.45, 7) is -0.250. The van der Waals surface area contributed by atoms with Crippen LogP contribution in [0.15, 0.2) is 19.0 Å². The quantitative estimate of drug-likeness (QED) is 0.478. The summed E-state index contributed by atoms with van der Waals surface area (Å²) in [6.07, 6.45) is 4.31. The normalized spacial score (nSPS) is 6.67. The molecular formula is C4H5N3O2. The average molecular weight is 127 g/mol. The highest BCUT2D eigenvalue weighted by atomic mass is 16.3. The van der Waals surface area contributed by atoms with Crippen LogP contribution < -0.4 is 0 Å². The Kier molecular flexibility index (Phi) is 5.39. The Hall–Kier alpha value is -1.52. The van der Waals surface area contributed by atoms with Gasteiger partial charge >= 0.3 is 0 Å². The molecule has 1 aromatic rings. The van der Waals surface area contributed by atoms with E-state index in [2.05, 4.69) is 15.0 Å². The monoisotopic (exact) mass is 127 g/mol. The third-order valence-electron chi connectivity index (χ3n) is 0.400. The fraction of sp³-hybridized carbons (Fsp3) is 0. The zero-order chi connectivity index (χ0) is 6.95. The van der Waals surface area contributed by atoms with Gasteiger partial charge in [-0.3, -0.25) is 4.79 Å². The van der Waals surface area contributed by atoms with E-state index in [0.29, 0.717) is 0 Å². The van der Waals surface area contributed by atoms with Crippen LogP contribution in [0.3, 0.4) is 0 Å². The van der Waals surface area contributed by atoms with E-state index >= 15 is 0 Å². The molecule has 0 aliphatic carbocycles. The van der Waals surface area contributed by atoms with Crippen molar-refractivity contribution in [2.24, 2.45) is 0 Å². The summed E-state index contributed by atoms with van der Waals surface area (Å²) < 4.78 is 0. The van der Waals surface area contributed by atoms with E-state index in [4.69, 9.17) is 9.90 Å². The molecule has 9 heavy (non-hydrogen) atoms. The third-order valence-corrected chi connectivity index (χ3v) is 0.400. The van der Waals surface area contributed by atoms with Gasteiger partial charge in [-0.05, 0) is 0 Å². The van der Waals surface area contributed by atoms with E-state index in [1.165, 1.54) is 19.0 Å². The smallest absolute Gasteiger partial charge is 0.290 e. The first-order valence-electron chi connectivity index (χ1n) is 2.04. The number of hydrogen-bond donors (Lipinski definition) is 1. The number of carboxylic acid groups (broad SMARTS) is 1. The maximum absolute atomic E-state index is 8.36. The van der Waals surface area contributed by atoms with Crippen LogP contribution in [0.25, 0.3) is 0 Å². The SMILES string of the molecule is O=CO.c1ncncn1. The predicted molar refractivity (Wildman–Crippen MR) is 28.5 cm³/mol. The molecule has 0 atom stereocenters. The van der Waals surface area contributed by atoms with Crippen molar-refractivity contribution in [3.8, 4) is 0 Å². The Bertz CT molecular complexity index is 117. The number of hydrogen-bond acceptors (Lipinski definition) is 4. The van der Waals surface area contributed by atoms with E-state index in [1.807, 2.05) is 0 Å². The molecule has 0 spiro atoms. The lowest BCUT2D eigenvalue weighted by Crippen LogP contribution is -1.73. The molecule has 1 heterocycles. The van der Waals surface area contributed by atoms with Gasteiger partial charge in [-0.15, -0.1) is 0 Å². The Labute approximate surface area is 51.4 Å². The van der Waals surface area contributed by atoms with Gasteiger partial charge in [0, 0.05) is 0 Å². The average Bonchev–Trinajstić information content (AvgIpc) is 1.93. The first-order valence-corrected chi connectivity index (χ1v) is 2.04. The second-order valence-electron chi connectivity index (χ2n) is 0.899. The standard InChI is InChI=1S/C3H3N3.CH2O2/c1-4-2-6-3-5-1;2-1-3/h1-3H;1H,(H,2,3). The third kappa shape index (κ3) is 6.48. The summed E-state index contributed by atoms with van der Waals surface area (Å²) in [5, 5.41) is 6.89. The van der Waals surface area contributed by atoms with Crippen molar-refractivity contribution < 1.29 is 9.90 Å². The van der Waals surface area contributed by atoms with Gasteiger partial charge in [0.05, 0.1) is 0 Å². The minimum atomic E-state index is -0.250. The van der Waals surface area contributed by atoms with Crippen LogP contribution in [0.2, 0.25) is 0 Å². The zero-order valence-electron chi connectivity index (χ0n) is 4.51. The highest BCUT2D eigenvalue weighted by Gasteiger charge is 1.59. The molecule has 0 saturated carbocycles. The van der Waals surface area contributed by atoms with E-state index in [0.717, 1.165) is 0 Å². The summed E-state index contributed by atoms with van der Waals surface area (Å²) in [4.78, 5) is 19.0. The molecule has 0 bridgehead atoms. The molecule has 48 valence electrons. The molecule has 5 heteroatoms. The van der Waals surface area contributed by atoms with Crippen molar-refractivity contribution in [1.29, 1.82) is 0 Å². The first kappa shape index (κ1) is 7.48. The fourth-order valence-electron chi connectivity index (χ4n) is 0.205. The van der Waals surface area contributed by atoms with Crippen LogP contribution in [0, 0.1) is 0 Å². The summed E-state index contributed by atoms with van der Waals surface area (Å²) in [6, 6.07) is 0. The molecule has 0 radical (unpaired) electrons. The van der Waals surface area contributed by atoms with Gasteiger partial charge in [-0.25, -0.2) is 15.0 Å². The van der Waals surface area contributed by atoms with Gasteiger partial charge in [-0.1, -0.05) is 0 Å².